The number of aryl methyl sites for hydroxylation is 1. The Kier molecular flexibility index (Phi) is 2.48. The van der Waals surface area contributed by atoms with Crippen molar-refractivity contribution in [2.75, 3.05) is 5.43 Å². The van der Waals surface area contributed by atoms with E-state index in [9.17, 15) is 4.79 Å². The van der Waals surface area contributed by atoms with Crippen molar-refractivity contribution in [3.8, 4) is 0 Å². The van der Waals surface area contributed by atoms with Gasteiger partial charge < -0.3 is 11.5 Å². The molecule has 2 amide bonds. The van der Waals surface area contributed by atoms with Crippen molar-refractivity contribution in [2.45, 2.75) is 6.92 Å². The minimum absolute atomic E-state index is 0.282. The molecule has 5 N–H and O–H groups in total. The van der Waals surface area contributed by atoms with E-state index in [1.807, 2.05) is 0 Å². The number of hydrogen-bond acceptors (Lipinski definition) is 2. The highest BCUT2D eigenvalue weighted by Crippen LogP contribution is 1.90. The number of guanidine groups is 1. The lowest BCUT2D eigenvalue weighted by molar-refractivity contribution is 0.257. The fourth-order valence-corrected chi connectivity index (χ4v) is 0.741. The number of urea groups is 1. The van der Waals surface area contributed by atoms with Crippen LogP contribution in [0.15, 0.2) is 17.4 Å². The Morgan fingerprint density at radius 1 is 1.69 bits per heavy atom. The summed E-state index contributed by atoms with van der Waals surface area (Å²) < 4.78 is 1.41. The molecule has 0 bridgehead atoms. The van der Waals surface area contributed by atoms with Crippen LogP contribution in [0.4, 0.5) is 4.79 Å². The van der Waals surface area contributed by atoms with E-state index in [-0.39, 0.29) is 5.96 Å². The van der Waals surface area contributed by atoms with Crippen LogP contribution in [-0.2, 0) is 0 Å². The molecule has 0 aromatic carbocycles. The first-order valence-corrected chi connectivity index (χ1v) is 3.50. The van der Waals surface area contributed by atoms with Gasteiger partial charge in [-0.2, -0.15) is 4.99 Å². The summed E-state index contributed by atoms with van der Waals surface area (Å²) in [5.41, 5.74) is 12.4. The van der Waals surface area contributed by atoms with Crippen molar-refractivity contribution < 1.29 is 4.79 Å². The third-order valence-corrected chi connectivity index (χ3v) is 1.27. The van der Waals surface area contributed by atoms with E-state index in [4.69, 9.17) is 11.5 Å². The minimum Gasteiger partial charge on any atom is -0.370 e. The zero-order chi connectivity index (χ0) is 9.84. The highest BCUT2D eigenvalue weighted by atomic mass is 16.2. The molecule has 13 heavy (non-hydrogen) atoms. The summed E-state index contributed by atoms with van der Waals surface area (Å²) in [6.07, 6.45) is 3.13. The van der Waals surface area contributed by atoms with E-state index in [0.717, 1.165) is 0 Å². The first-order chi connectivity index (χ1) is 6.09. The van der Waals surface area contributed by atoms with Gasteiger partial charge in [-0.25, -0.2) is 19.9 Å². The van der Waals surface area contributed by atoms with Gasteiger partial charge in [0.1, 0.15) is 5.82 Å². The van der Waals surface area contributed by atoms with Crippen LogP contribution in [0, 0.1) is 6.92 Å². The predicted molar refractivity (Wildman–Crippen MR) is 47.5 cm³/mol. The summed E-state index contributed by atoms with van der Waals surface area (Å²) in [5, 5.41) is 0. The molecule has 0 saturated carbocycles. The Hall–Kier alpha value is -2.05. The molecule has 0 saturated heterocycles. The fourth-order valence-electron chi connectivity index (χ4n) is 0.741. The number of nitrogens with zero attached hydrogens (tertiary/aromatic N) is 3. The number of carbonyl (C=O) groups excluding carboxylic acids is 1. The Balaban J connectivity index is 2.66. The van der Waals surface area contributed by atoms with Gasteiger partial charge in [0.05, 0.1) is 0 Å². The molecule has 0 aliphatic carbocycles. The van der Waals surface area contributed by atoms with Crippen LogP contribution in [0.5, 0.6) is 0 Å². The number of aliphatic imine (C=N–C) groups is 1. The number of nitrogens with one attached hydrogen (secondary N) is 1. The van der Waals surface area contributed by atoms with Gasteiger partial charge in [0.25, 0.3) is 0 Å². The summed E-state index contributed by atoms with van der Waals surface area (Å²) in [6, 6.07) is -0.638. The first kappa shape index (κ1) is 9.04. The SMILES string of the molecule is Cc1nccn1NC(=O)N=C(N)N. The standard InChI is InChI=1S/C6H10N6O/c1-4-9-2-3-12(4)11-6(13)10-5(7)8/h2-3H,1H3,(H5,7,8,10,11,13). The molecule has 0 aliphatic heterocycles. The van der Waals surface area contributed by atoms with Crippen LogP contribution in [0.2, 0.25) is 0 Å². The maximum Gasteiger partial charge on any atom is 0.363 e. The largest absolute Gasteiger partial charge is 0.370 e. The van der Waals surface area contributed by atoms with Crippen molar-refractivity contribution >= 4 is 12.0 Å². The number of nitrogens with two attached hydrogens (primary N) is 2. The highest BCUT2D eigenvalue weighted by Gasteiger charge is 2.00. The molecule has 1 heterocycles. The number of imidazole rings is 1. The second kappa shape index (κ2) is 3.57. The van der Waals surface area contributed by atoms with Gasteiger partial charge in [-0.15, -0.1) is 0 Å². The number of aromatic nitrogens is 2. The van der Waals surface area contributed by atoms with Crippen LogP contribution in [0.3, 0.4) is 0 Å². The third-order valence-electron chi connectivity index (χ3n) is 1.27. The summed E-state index contributed by atoms with van der Waals surface area (Å²) in [5.74, 6) is 0.356. The van der Waals surface area contributed by atoms with E-state index in [1.54, 1.807) is 19.3 Å². The summed E-state index contributed by atoms with van der Waals surface area (Å²) in [4.78, 5) is 18.1. The predicted octanol–water partition coefficient (Wildman–Crippen LogP) is -0.872. The molecule has 7 heteroatoms. The van der Waals surface area contributed by atoms with Crippen LogP contribution in [0.1, 0.15) is 5.82 Å². The molecule has 0 aliphatic rings. The van der Waals surface area contributed by atoms with Gasteiger partial charge in [0, 0.05) is 12.4 Å². The molecule has 0 unspecified atom stereocenters. The van der Waals surface area contributed by atoms with Gasteiger partial charge in [0.2, 0.25) is 0 Å². The van der Waals surface area contributed by atoms with E-state index >= 15 is 0 Å². The smallest absolute Gasteiger partial charge is 0.363 e. The van der Waals surface area contributed by atoms with Crippen molar-refractivity contribution in [3.05, 3.63) is 18.2 Å². The van der Waals surface area contributed by atoms with E-state index in [2.05, 4.69) is 15.4 Å². The molecule has 1 aromatic rings. The molecular weight excluding hydrogens is 172 g/mol. The zero-order valence-corrected chi connectivity index (χ0v) is 7.06. The van der Waals surface area contributed by atoms with Crippen molar-refractivity contribution in [1.82, 2.24) is 9.66 Å². The normalized spacial score (nSPS) is 9.31. The van der Waals surface area contributed by atoms with Crippen LogP contribution in [-0.4, -0.2) is 21.7 Å². The molecule has 0 spiro atoms. The number of hydrogen-bond donors (Lipinski definition) is 3. The molecule has 0 fully saturated rings. The lowest BCUT2D eigenvalue weighted by Gasteiger charge is -2.03. The Labute approximate surface area is 74.4 Å². The molecule has 1 rings (SSSR count). The monoisotopic (exact) mass is 182 g/mol. The zero-order valence-electron chi connectivity index (χ0n) is 7.06. The van der Waals surface area contributed by atoms with Crippen LogP contribution < -0.4 is 16.9 Å². The Bertz CT molecular complexity index is 337. The van der Waals surface area contributed by atoms with Crippen LogP contribution >= 0.6 is 0 Å². The Morgan fingerprint density at radius 3 is 2.85 bits per heavy atom. The van der Waals surface area contributed by atoms with E-state index < -0.39 is 6.03 Å². The van der Waals surface area contributed by atoms with Gasteiger partial charge >= 0.3 is 6.03 Å². The molecule has 0 atom stereocenters. The average Bonchev–Trinajstić information content (AvgIpc) is 2.34. The van der Waals surface area contributed by atoms with Crippen molar-refractivity contribution in [3.63, 3.8) is 0 Å². The van der Waals surface area contributed by atoms with Gasteiger partial charge in [-0.05, 0) is 6.92 Å². The lowest BCUT2D eigenvalue weighted by Crippen LogP contribution is -2.28. The topological polar surface area (TPSA) is 111 Å². The summed E-state index contributed by atoms with van der Waals surface area (Å²) >= 11 is 0. The maximum atomic E-state index is 11.0. The molecule has 70 valence electrons. The number of carbonyl (C=O) groups is 1. The van der Waals surface area contributed by atoms with Crippen LogP contribution in [0.25, 0.3) is 0 Å². The quantitative estimate of drug-likeness (QED) is 0.387. The molecular formula is C6H10N6O. The van der Waals surface area contributed by atoms with E-state index in [1.165, 1.54) is 4.68 Å². The minimum atomic E-state index is -0.638. The van der Waals surface area contributed by atoms with Crippen molar-refractivity contribution in [2.24, 2.45) is 16.5 Å². The fraction of sp³-hybridized carbons (Fsp3) is 0.167. The second-order valence-electron chi connectivity index (χ2n) is 2.30. The van der Waals surface area contributed by atoms with Gasteiger partial charge in [-0.3, -0.25) is 0 Å². The van der Waals surface area contributed by atoms with Gasteiger partial charge in [-0.1, -0.05) is 0 Å². The highest BCUT2D eigenvalue weighted by molar-refractivity contribution is 5.94. The number of rotatable bonds is 1. The number of amides is 2. The maximum absolute atomic E-state index is 11.0. The lowest BCUT2D eigenvalue weighted by atomic mass is 10.7. The Morgan fingerprint density at radius 2 is 2.38 bits per heavy atom. The van der Waals surface area contributed by atoms with E-state index in [0.29, 0.717) is 5.82 Å². The second-order valence-corrected chi connectivity index (χ2v) is 2.30. The molecule has 7 nitrogen and oxygen atoms in total. The summed E-state index contributed by atoms with van der Waals surface area (Å²) in [6.45, 7) is 1.73. The third kappa shape index (κ3) is 2.47. The summed E-state index contributed by atoms with van der Waals surface area (Å²) in [7, 11) is 0. The molecule has 0 radical (unpaired) electrons. The average molecular weight is 182 g/mol. The van der Waals surface area contributed by atoms with Gasteiger partial charge in [0.15, 0.2) is 5.96 Å². The first-order valence-electron chi connectivity index (χ1n) is 3.50. The molecule has 1 aromatic heterocycles. The van der Waals surface area contributed by atoms with Crippen molar-refractivity contribution in [1.29, 1.82) is 0 Å².